The highest BCUT2D eigenvalue weighted by Crippen LogP contribution is 2.43. The molecular formula is C21H21N3O3. The lowest BCUT2D eigenvalue weighted by atomic mass is 9.90. The van der Waals surface area contributed by atoms with Crippen molar-refractivity contribution in [2.24, 2.45) is 0 Å². The summed E-state index contributed by atoms with van der Waals surface area (Å²) < 4.78 is 0. The maximum absolute atomic E-state index is 13.0. The summed E-state index contributed by atoms with van der Waals surface area (Å²) in [7, 11) is 0. The number of nitrogens with zero attached hydrogens (tertiary/aromatic N) is 2. The van der Waals surface area contributed by atoms with E-state index >= 15 is 0 Å². The second-order valence-electron chi connectivity index (χ2n) is 6.60. The van der Waals surface area contributed by atoms with Gasteiger partial charge in [0, 0.05) is 6.54 Å². The van der Waals surface area contributed by atoms with Crippen molar-refractivity contribution in [2.45, 2.75) is 18.6 Å². The Balaban J connectivity index is 1.60. The SMILES string of the molecule is C=CCON1C(=O)N2C[C@H]1c1ccccc1C2C(=O)NCc1ccccc1. The number of hydrogen-bond acceptors (Lipinski definition) is 3. The lowest BCUT2D eigenvalue weighted by Gasteiger charge is -2.31. The molecule has 2 bridgehead atoms. The number of nitrogens with one attached hydrogen (secondary N) is 1. The van der Waals surface area contributed by atoms with E-state index < -0.39 is 6.04 Å². The Morgan fingerprint density at radius 3 is 2.59 bits per heavy atom. The van der Waals surface area contributed by atoms with Crippen LogP contribution in [0.25, 0.3) is 0 Å². The fourth-order valence-electron chi connectivity index (χ4n) is 3.71. The van der Waals surface area contributed by atoms with Crippen LogP contribution in [0.1, 0.15) is 28.8 Å². The molecule has 2 heterocycles. The molecule has 0 aromatic heterocycles. The van der Waals surface area contributed by atoms with Gasteiger partial charge in [-0.05, 0) is 16.7 Å². The van der Waals surface area contributed by atoms with Gasteiger partial charge in [-0.25, -0.2) is 4.79 Å². The van der Waals surface area contributed by atoms with Gasteiger partial charge < -0.3 is 10.2 Å². The average Bonchev–Trinajstić information content (AvgIpc) is 2.98. The number of rotatable bonds is 6. The van der Waals surface area contributed by atoms with E-state index in [1.807, 2.05) is 54.6 Å². The van der Waals surface area contributed by atoms with Gasteiger partial charge in [-0.2, -0.15) is 5.06 Å². The van der Waals surface area contributed by atoms with Crippen LogP contribution < -0.4 is 5.32 Å². The summed E-state index contributed by atoms with van der Waals surface area (Å²) >= 11 is 0. The van der Waals surface area contributed by atoms with Gasteiger partial charge in [0.25, 0.3) is 0 Å². The zero-order chi connectivity index (χ0) is 18.8. The fraction of sp³-hybridized carbons (Fsp3) is 0.238. The summed E-state index contributed by atoms with van der Waals surface area (Å²) in [5.74, 6) is -0.191. The summed E-state index contributed by atoms with van der Waals surface area (Å²) in [5, 5.41) is 4.33. The van der Waals surface area contributed by atoms with E-state index in [0.717, 1.165) is 16.7 Å². The summed E-state index contributed by atoms with van der Waals surface area (Å²) in [5.41, 5.74) is 2.80. The molecule has 1 fully saturated rings. The van der Waals surface area contributed by atoms with E-state index in [-0.39, 0.29) is 24.6 Å². The van der Waals surface area contributed by atoms with Gasteiger partial charge in [-0.15, -0.1) is 6.58 Å². The van der Waals surface area contributed by atoms with Crippen LogP contribution in [0, 0.1) is 0 Å². The Hall–Kier alpha value is -3.12. The molecular weight excluding hydrogens is 342 g/mol. The third-order valence-corrected chi connectivity index (χ3v) is 4.94. The van der Waals surface area contributed by atoms with Gasteiger partial charge in [0.15, 0.2) is 0 Å². The van der Waals surface area contributed by atoms with E-state index in [4.69, 9.17) is 4.84 Å². The first kappa shape index (κ1) is 17.3. The van der Waals surface area contributed by atoms with Crippen LogP contribution in [0.4, 0.5) is 4.79 Å². The minimum Gasteiger partial charge on any atom is -0.350 e. The Morgan fingerprint density at radius 2 is 1.85 bits per heavy atom. The molecule has 0 spiro atoms. The smallest absolute Gasteiger partial charge is 0.345 e. The summed E-state index contributed by atoms with van der Waals surface area (Å²) in [6.45, 7) is 4.72. The molecule has 0 saturated carbocycles. The molecule has 0 aliphatic carbocycles. The average molecular weight is 363 g/mol. The molecule has 3 amide bonds. The standard InChI is InChI=1S/C21H21N3O3/c1-2-12-27-24-18-14-23(21(24)26)19(17-11-7-6-10-16(17)18)20(25)22-13-15-8-4-3-5-9-15/h2-11,18-19H,1,12-14H2,(H,22,25)/t18-,19?/m0/s1. The molecule has 2 atom stereocenters. The van der Waals surface area contributed by atoms with Crippen molar-refractivity contribution < 1.29 is 14.4 Å². The quantitative estimate of drug-likeness (QED) is 0.803. The first-order valence-electron chi connectivity index (χ1n) is 8.95. The predicted molar refractivity (Wildman–Crippen MR) is 100 cm³/mol. The Morgan fingerprint density at radius 1 is 1.15 bits per heavy atom. The van der Waals surface area contributed by atoms with Crippen LogP contribution in [0.5, 0.6) is 0 Å². The minimum absolute atomic E-state index is 0.191. The number of fused-ring (bicyclic) bond motifs is 4. The Bertz CT molecular complexity index is 868. The highest BCUT2D eigenvalue weighted by atomic mass is 16.7. The molecule has 6 heteroatoms. The maximum atomic E-state index is 13.0. The van der Waals surface area contributed by atoms with E-state index in [1.54, 1.807) is 11.0 Å². The molecule has 0 radical (unpaired) electrons. The third-order valence-electron chi connectivity index (χ3n) is 4.94. The zero-order valence-corrected chi connectivity index (χ0v) is 14.9. The lowest BCUT2D eigenvalue weighted by Crippen LogP contribution is -2.43. The second kappa shape index (κ2) is 7.25. The van der Waals surface area contributed by atoms with E-state index in [9.17, 15) is 9.59 Å². The molecule has 138 valence electrons. The maximum Gasteiger partial charge on any atom is 0.345 e. The zero-order valence-electron chi connectivity index (χ0n) is 14.9. The minimum atomic E-state index is -0.661. The van der Waals surface area contributed by atoms with Crippen molar-refractivity contribution in [1.29, 1.82) is 0 Å². The monoisotopic (exact) mass is 363 g/mol. The summed E-state index contributed by atoms with van der Waals surface area (Å²) in [6.07, 6.45) is 1.60. The van der Waals surface area contributed by atoms with Crippen LogP contribution in [-0.4, -0.2) is 35.1 Å². The van der Waals surface area contributed by atoms with Crippen LogP contribution in [-0.2, 0) is 16.2 Å². The first-order valence-corrected chi connectivity index (χ1v) is 8.95. The largest absolute Gasteiger partial charge is 0.350 e. The number of hydrogen-bond donors (Lipinski definition) is 1. The molecule has 6 nitrogen and oxygen atoms in total. The lowest BCUT2D eigenvalue weighted by molar-refractivity contribution is -0.126. The Labute approximate surface area is 158 Å². The molecule has 2 aromatic carbocycles. The molecule has 4 rings (SSSR count). The summed E-state index contributed by atoms with van der Waals surface area (Å²) in [4.78, 5) is 33.0. The van der Waals surface area contributed by atoms with Crippen molar-refractivity contribution >= 4 is 11.9 Å². The number of amides is 3. The van der Waals surface area contributed by atoms with Gasteiger partial charge in [0.05, 0.1) is 13.2 Å². The van der Waals surface area contributed by atoms with Gasteiger partial charge >= 0.3 is 6.03 Å². The number of carbonyl (C=O) groups is 2. The first-order chi connectivity index (χ1) is 13.2. The van der Waals surface area contributed by atoms with E-state index in [1.165, 1.54) is 5.06 Å². The molecule has 2 aliphatic rings. The van der Waals surface area contributed by atoms with Gasteiger partial charge in [0.2, 0.25) is 5.91 Å². The predicted octanol–water partition coefficient (Wildman–Crippen LogP) is 2.95. The van der Waals surface area contributed by atoms with E-state index in [2.05, 4.69) is 11.9 Å². The molecule has 27 heavy (non-hydrogen) atoms. The number of benzene rings is 2. The van der Waals surface area contributed by atoms with Crippen molar-refractivity contribution in [3.8, 4) is 0 Å². The normalized spacial score (nSPS) is 20.4. The highest BCUT2D eigenvalue weighted by Gasteiger charge is 2.50. The van der Waals surface area contributed by atoms with Crippen LogP contribution in [0.3, 0.4) is 0 Å². The van der Waals surface area contributed by atoms with Crippen molar-refractivity contribution in [3.05, 3.63) is 83.9 Å². The number of hydroxylamine groups is 2. The molecule has 1 N–H and O–H groups in total. The molecule has 1 unspecified atom stereocenters. The van der Waals surface area contributed by atoms with Crippen molar-refractivity contribution in [1.82, 2.24) is 15.3 Å². The van der Waals surface area contributed by atoms with Crippen LogP contribution in [0.15, 0.2) is 67.3 Å². The fourth-order valence-corrected chi connectivity index (χ4v) is 3.71. The second-order valence-corrected chi connectivity index (χ2v) is 6.60. The van der Waals surface area contributed by atoms with Gasteiger partial charge in [0.1, 0.15) is 12.1 Å². The van der Waals surface area contributed by atoms with Crippen LogP contribution >= 0.6 is 0 Å². The Kier molecular flexibility index (Phi) is 4.64. The highest BCUT2D eigenvalue weighted by molar-refractivity contribution is 5.90. The van der Waals surface area contributed by atoms with Crippen LogP contribution in [0.2, 0.25) is 0 Å². The molecule has 2 aliphatic heterocycles. The summed E-state index contributed by atoms with van der Waals surface area (Å²) in [6, 6.07) is 16.2. The number of carbonyl (C=O) groups excluding carboxylic acids is 2. The molecule has 1 saturated heterocycles. The topological polar surface area (TPSA) is 61.9 Å². The van der Waals surface area contributed by atoms with Crippen molar-refractivity contribution in [2.75, 3.05) is 13.2 Å². The van der Waals surface area contributed by atoms with Gasteiger partial charge in [-0.1, -0.05) is 60.7 Å². The van der Waals surface area contributed by atoms with Gasteiger partial charge in [-0.3, -0.25) is 9.63 Å². The number of urea groups is 1. The van der Waals surface area contributed by atoms with E-state index in [0.29, 0.717) is 13.1 Å². The third kappa shape index (κ3) is 3.08. The molecule has 2 aromatic rings. The van der Waals surface area contributed by atoms with Crippen molar-refractivity contribution in [3.63, 3.8) is 0 Å².